The van der Waals surface area contributed by atoms with Gasteiger partial charge in [0.1, 0.15) is 11.6 Å². The minimum absolute atomic E-state index is 0.453. The molecule has 1 N–H and O–H groups in total. The Morgan fingerprint density at radius 2 is 2.06 bits per heavy atom. The molecule has 1 aliphatic heterocycles. The Morgan fingerprint density at radius 3 is 2.78 bits per heavy atom. The van der Waals surface area contributed by atoms with Crippen molar-refractivity contribution in [3.05, 3.63) is 29.8 Å². The van der Waals surface area contributed by atoms with Crippen LogP contribution < -0.4 is 10.2 Å². The summed E-state index contributed by atoms with van der Waals surface area (Å²) in [5.74, 6) is -0.386. The second-order valence-electron chi connectivity index (χ2n) is 5.38. The summed E-state index contributed by atoms with van der Waals surface area (Å²) < 4.78 is 26.5. The zero-order valence-corrected chi connectivity index (χ0v) is 10.3. The van der Waals surface area contributed by atoms with Crippen LogP contribution in [0.3, 0.4) is 0 Å². The molecule has 1 saturated carbocycles. The zero-order chi connectivity index (χ0) is 12.5. The summed E-state index contributed by atoms with van der Waals surface area (Å²) in [5.41, 5.74) is 0.533. The van der Waals surface area contributed by atoms with Crippen molar-refractivity contribution in [1.29, 1.82) is 0 Å². The van der Waals surface area contributed by atoms with E-state index in [4.69, 9.17) is 0 Å². The lowest BCUT2D eigenvalue weighted by Crippen LogP contribution is -2.27. The molecule has 1 aromatic carbocycles. The number of halogens is 2. The largest absolute Gasteiger partial charge is 0.369 e. The van der Waals surface area contributed by atoms with Gasteiger partial charge in [-0.05, 0) is 43.9 Å². The van der Waals surface area contributed by atoms with E-state index in [1.165, 1.54) is 18.9 Å². The van der Waals surface area contributed by atoms with Gasteiger partial charge in [-0.25, -0.2) is 8.78 Å². The third kappa shape index (κ3) is 2.64. The summed E-state index contributed by atoms with van der Waals surface area (Å²) in [6.07, 6.45) is 3.67. The predicted octanol–water partition coefficient (Wildman–Crippen LogP) is 2.54. The van der Waals surface area contributed by atoms with E-state index < -0.39 is 11.6 Å². The molecule has 1 aliphatic carbocycles. The van der Waals surface area contributed by atoms with Crippen LogP contribution in [-0.2, 0) is 0 Å². The second-order valence-corrected chi connectivity index (χ2v) is 5.38. The molecule has 3 rings (SSSR count). The Morgan fingerprint density at radius 1 is 1.22 bits per heavy atom. The summed E-state index contributed by atoms with van der Waals surface area (Å²) in [5, 5.41) is 3.51. The normalized spacial score (nSPS) is 23.7. The first-order valence-electron chi connectivity index (χ1n) is 6.66. The maximum Gasteiger partial charge on any atom is 0.149 e. The van der Waals surface area contributed by atoms with Gasteiger partial charge >= 0.3 is 0 Å². The Bertz CT molecular complexity index is 432. The van der Waals surface area contributed by atoms with E-state index in [1.54, 1.807) is 6.07 Å². The van der Waals surface area contributed by atoms with Crippen molar-refractivity contribution < 1.29 is 8.78 Å². The summed E-state index contributed by atoms with van der Waals surface area (Å²) in [6, 6.07) is 4.56. The van der Waals surface area contributed by atoms with Crippen LogP contribution in [0.1, 0.15) is 19.3 Å². The monoisotopic (exact) mass is 252 g/mol. The van der Waals surface area contributed by atoms with Crippen molar-refractivity contribution in [2.75, 3.05) is 24.5 Å². The van der Waals surface area contributed by atoms with Crippen LogP contribution >= 0.6 is 0 Å². The minimum Gasteiger partial charge on any atom is -0.369 e. The molecular weight excluding hydrogens is 234 g/mol. The number of nitrogens with zero attached hydrogens (tertiary/aromatic N) is 1. The Kier molecular flexibility index (Phi) is 3.20. The van der Waals surface area contributed by atoms with Gasteiger partial charge in [0.2, 0.25) is 0 Å². The van der Waals surface area contributed by atoms with Crippen molar-refractivity contribution in [1.82, 2.24) is 5.32 Å². The van der Waals surface area contributed by atoms with Gasteiger partial charge in [-0.15, -0.1) is 0 Å². The first kappa shape index (κ1) is 11.9. The van der Waals surface area contributed by atoms with Gasteiger partial charge in [0.15, 0.2) is 0 Å². The first-order valence-corrected chi connectivity index (χ1v) is 6.66. The predicted molar refractivity (Wildman–Crippen MR) is 67.7 cm³/mol. The van der Waals surface area contributed by atoms with Crippen LogP contribution in [0.15, 0.2) is 18.2 Å². The van der Waals surface area contributed by atoms with E-state index in [0.717, 1.165) is 38.2 Å². The van der Waals surface area contributed by atoms with Crippen molar-refractivity contribution in [3.8, 4) is 0 Å². The first-order chi connectivity index (χ1) is 8.72. The highest BCUT2D eigenvalue weighted by Gasteiger charge is 2.27. The fourth-order valence-corrected chi connectivity index (χ4v) is 2.58. The van der Waals surface area contributed by atoms with Crippen LogP contribution in [0, 0.1) is 17.6 Å². The standard InChI is InChI=1S/C14H18F2N2/c15-11-1-4-14(13(16)7-11)18-6-5-10(9-18)8-17-12-2-3-12/h1,4,7,10,12,17H,2-3,5-6,8-9H2. The lowest BCUT2D eigenvalue weighted by atomic mass is 10.1. The van der Waals surface area contributed by atoms with Crippen molar-refractivity contribution in [3.63, 3.8) is 0 Å². The topological polar surface area (TPSA) is 15.3 Å². The molecule has 0 aromatic heterocycles. The lowest BCUT2D eigenvalue weighted by Gasteiger charge is -2.19. The van der Waals surface area contributed by atoms with Gasteiger partial charge < -0.3 is 10.2 Å². The third-order valence-corrected chi connectivity index (χ3v) is 3.81. The van der Waals surface area contributed by atoms with Gasteiger partial charge in [0.05, 0.1) is 5.69 Å². The molecule has 1 unspecified atom stereocenters. The molecule has 1 saturated heterocycles. The van der Waals surface area contributed by atoms with Crippen LogP contribution in [-0.4, -0.2) is 25.7 Å². The molecule has 0 radical (unpaired) electrons. The SMILES string of the molecule is Fc1ccc(N2CCC(CNC3CC3)C2)c(F)c1. The van der Waals surface area contributed by atoms with Crippen LogP contribution in [0.5, 0.6) is 0 Å². The van der Waals surface area contributed by atoms with Gasteiger partial charge in [0, 0.05) is 25.2 Å². The second kappa shape index (κ2) is 4.84. The summed E-state index contributed by atoms with van der Waals surface area (Å²) in [7, 11) is 0. The highest BCUT2D eigenvalue weighted by atomic mass is 19.1. The van der Waals surface area contributed by atoms with E-state index in [1.807, 2.05) is 4.90 Å². The smallest absolute Gasteiger partial charge is 0.149 e. The van der Waals surface area contributed by atoms with Crippen molar-refractivity contribution in [2.24, 2.45) is 5.92 Å². The highest BCUT2D eigenvalue weighted by Crippen LogP contribution is 2.27. The molecule has 98 valence electrons. The number of nitrogens with one attached hydrogen (secondary N) is 1. The number of anilines is 1. The third-order valence-electron chi connectivity index (χ3n) is 3.81. The van der Waals surface area contributed by atoms with E-state index >= 15 is 0 Å². The van der Waals surface area contributed by atoms with E-state index in [2.05, 4.69) is 5.32 Å². The molecule has 2 aliphatic rings. The molecule has 0 amide bonds. The Labute approximate surface area is 106 Å². The zero-order valence-electron chi connectivity index (χ0n) is 10.3. The maximum absolute atomic E-state index is 13.7. The lowest BCUT2D eigenvalue weighted by molar-refractivity contribution is 0.514. The van der Waals surface area contributed by atoms with Crippen LogP contribution in [0.25, 0.3) is 0 Å². The molecule has 0 bridgehead atoms. The number of hydrogen-bond donors (Lipinski definition) is 1. The molecule has 1 aromatic rings. The average molecular weight is 252 g/mol. The van der Waals surface area contributed by atoms with Crippen molar-refractivity contribution >= 4 is 5.69 Å². The Balaban J connectivity index is 1.59. The fraction of sp³-hybridized carbons (Fsp3) is 0.571. The maximum atomic E-state index is 13.7. The minimum atomic E-state index is -0.512. The quantitative estimate of drug-likeness (QED) is 0.886. The van der Waals surface area contributed by atoms with Gasteiger partial charge in [0.25, 0.3) is 0 Å². The molecule has 1 heterocycles. The van der Waals surface area contributed by atoms with Gasteiger partial charge in [-0.3, -0.25) is 0 Å². The average Bonchev–Trinajstić information content (AvgIpc) is 3.05. The number of hydrogen-bond acceptors (Lipinski definition) is 2. The number of rotatable bonds is 4. The molecule has 1 atom stereocenters. The van der Waals surface area contributed by atoms with Gasteiger partial charge in [-0.2, -0.15) is 0 Å². The molecule has 2 fully saturated rings. The molecule has 0 spiro atoms. The summed E-state index contributed by atoms with van der Waals surface area (Å²) in [6.45, 7) is 2.74. The fourth-order valence-electron chi connectivity index (χ4n) is 2.58. The van der Waals surface area contributed by atoms with E-state index in [0.29, 0.717) is 11.6 Å². The van der Waals surface area contributed by atoms with Crippen LogP contribution in [0.4, 0.5) is 14.5 Å². The molecule has 18 heavy (non-hydrogen) atoms. The number of benzene rings is 1. The van der Waals surface area contributed by atoms with Gasteiger partial charge in [-0.1, -0.05) is 0 Å². The molecule has 2 nitrogen and oxygen atoms in total. The van der Waals surface area contributed by atoms with E-state index in [9.17, 15) is 8.78 Å². The molecular formula is C14H18F2N2. The van der Waals surface area contributed by atoms with Crippen molar-refractivity contribution in [2.45, 2.75) is 25.3 Å². The van der Waals surface area contributed by atoms with Crippen LogP contribution in [0.2, 0.25) is 0 Å². The summed E-state index contributed by atoms with van der Waals surface area (Å²) >= 11 is 0. The molecule has 4 heteroatoms. The summed E-state index contributed by atoms with van der Waals surface area (Å²) in [4.78, 5) is 2.02. The van der Waals surface area contributed by atoms with E-state index in [-0.39, 0.29) is 0 Å². The highest BCUT2D eigenvalue weighted by molar-refractivity contribution is 5.48. The Hall–Kier alpha value is -1.16.